The SMILES string of the molecule is CC(C)CCCCCCCCCCCCCCNc1ccc(C(=O)C(CCC(=O)O)C(=O)O)cc1. The Labute approximate surface area is 211 Å². The minimum Gasteiger partial charge on any atom is -0.481 e. The Morgan fingerprint density at radius 3 is 1.66 bits per heavy atom. The lowest BCUT2D eigenvalue weighted by Crippen LogP contribution is -2.24. The molecule has 198 valence electrons. The van der Waals surface area contributed by atoms with Gasteiger partial charge < -0.3 is 15.5 Å². The van der Waals surface area contributed by atoms with Gasteiger partial charge in [0.15, 0.2) is 5.78 Å². The first-order valence-electron chi connectivity index (χ1n) is 13.6. The molecule has 1 rings (SSSR count). The second kappa shape index (κ2) is 18.9. The van der Waals surface area contributed by atoms with Crippen molar-refractivity contribution in [1.29, 1.82) is 0 Å². The topological polar surface area (TPSA) is 104 Å². The average Bonchev–Trinajstić information content (AvgIpc) is 2.81. The molecule has 0 bridgehead atoms. The van der Waals surface area contributed by atoms with Crippen LogP contribution >= 0.6 is 0 Å². The van der Waals surface area contributed by atoms with Crippen LogP contribution in [0.2, 0.25) is 0 Å². The molecule has 0 aliphatic heterocycles. The fourth-order valence-electron chi connectivity index (χ4n) is 4.27. The lowest BCUT2D eigenvalue weighted by molar-refractivity contribution is -0.141. The Hall–Kier alpha value is -2.37. The highest BCUT2D eigenvalue weighted by Gasteiger charge is 2.27. The van der Waals surface area contributed by atoms with E-state index in [1.165, 1.54) is 77.0 Å². The zero-order valence-corrected chi connectivity index (χ0v) is 21.9. The minimum atomic E-state index is -1.33. The van der Waals surface area contributed by atoms with Crippen molar-refractivity contribution >= 4 is 23.4 Å². The van der Waals surface area contributed by atoms with Crippen LogP contribution in [0.1, 0.15) is 121 Å². The van der Waals surface area contributed by atoms with Crippen LogP contribution in [0.25, 0.3) is 0 Å². The summed E-state index contributed by atoms with van der Waals surface area (Å²) in [5.41, 5.74) is 1.18. The molecule has 6 heteroatoms. The first kappa shape index (κ1) is 30.7. The summed E-state index contributed by atoms with van der Waals surface area (Å²) in [7, 11) is 0. The van der Waals surface area contributed by atoms with Crippen molar-refractivity contribution in [3.05, 3.63) is 29.8 Å². The Balaban J connectivity index is 2.09. The smallest absolute Gasteiger partial charge is 0.314 e. The first-order chi connectivity index (χ1) is 16.8. The number of nitrogens with one attached hydrogen (secondary N) is 1. The van der Waals surface area contributed by atoms with Crippen LogP contribution in [-0.4, -0.2) is 34.5 Å². The molecule has 0 saturated carbocycles. The number of ketones is 1. The van der Waals surface area contributed by atoms with E-state index in [0.29, 0.717) is 5.56 Å². The summed E-state index contributed by atoms with van der Waals surface area (Å²) in [6.45, 7) is 5.47. The van der Waals surface area contributed by atoms with Gasteiger partial charge in [0.1, 0.15) is 5.92 Å². The number of carbonyl (C=O) groups excluding carboxylic acids is 1. The van der Waals surface area contributed by atoms with Crippen molar-refractivity contribution in [3.63, 3.8) is 0 Å². The Morgan fingerprint density at radius 2 is 1.20 bits per heavy atom. The van der Waals surface area contributed by atoms with Gasteiger partial charge in [-0.25, -0.2) is 0 Å². The van der Waals surface area contributed by atoms with Gasteiger partial charge in [-0.05, 0) is 43.0 Å². The summed E-state index contributed by atoms with van der Waals surface area (Å²) < 4.78 is 0. The van der Waals surface area contributed by atoms with Crippen LogP contribution < -0.4 is 5.32 Å². The van der Waals surface area contributed by atoms with E-state index in [1.54, 1.807) is 24.3 Å². The summed E-state index contributed by atoms with van der Waals surface area (Å²) in [5, 5.41) is 21.4. The number of hydrogen-bond acceptors (Lipinski definition) is 4. The van der Waals surface area contributed by atoms with E-state index in [9.17, 15) is 19.5 Å². The number of carboxylic acid groups (broad SMARTS) is 2. The van der Waals surface area contributed by atoms with E-state index < -0.39 is 23.6 Å². The first-order valence-corrected chi connectivity index (χ1v) is 13.6. The molecule has 35 heavy (non-hydrogen) atoms. The molecule has 3 N–H and O–H groups in total. The van der Waals surface area contributed by atoms with Crippen LogP contribution in [0.15, 0.2) is 24.3 Å². The van der Waals surface area contributed by atoms with E-state index in [4.69, 9.17) is 5.11 Å². The monoisotopic (exact) mass is 489 g/mol. The van der Waals surface area contributed by atoms with E-state index in [2.05, 4.69) is 19.2 Å². The largest absolute Gasteiger partial charge is 0.481 e. The molecule has 0 fully saturated rings. The fourth-order valence-corrected chi connectivity index (χ4v) is 4.27. The molecule has 1 aromatic carbocycles. The molecule has 0 aliphatic rings. The van der Waals surface area contributed by atoms with Crippen molar-refractivity contribution in [1.82, 2.24) is 0 Å². The summed E-state index contributed by atoms with van der Waals surface area (Å²) in [6, 6.07) is 6.75. The summed E-state index contributed by atoms with van der Waals surface area (Å²) in [4.78, 5) is 34.5. The van der Waals surface area contributed by atoms with Crippen LogP contribution in [0, 0.1) is 11.8 Å². The number of hydrogen-bond donors (Lipinski definition) is 3. The van der Waals surface area contributed by atoms with Gasteiger partial charge in [-0.3, -0.25) is 14.4 Å². The van der Waals surface area contributed by atoms with Gasteiger partial charge in [-0.1, -0.05) is 90.9 Å². The number of carbonyl (C=O) groups is 3. The number of anilines is 1. The van der Waals surface area contributed by atoms with Gasteiger partial charge in [0.05, 0.1) is 0 Å². The van der Waals surface area contributed by atoms with E-state index in [1.807, 2.05) is 0 Å². The predicted octanol–water partition coefficient (Wildman–Crippen LogP) is 7.57. The Morgan fingerprint density at radius 1 is 0.714 bits per heavy atom. The molecule has 0 amide bonds. The number of Topliss-reactive ketones (excluding diaryl/α,β-unsaturated/α-hetero) is 1. The molecular weight excluding hydrogens is 442 g/mol. The highest BCUT2D eigenvalue weighted by molar-refractivity contribution is 6.08. The maximum atomic E-state index is 12.4. The second-order valence-corrected chi connectivity index (χ2v) is 10.1. The van der Waals surface area contributed by atoms with E-state index in [0.717, 1.165) is 24.6 Å². The summed E-state index contributed by atoms with van der Waals surface area (Å²) in [6.07, 6.45) is 16.7. The van der Waals surface area contributed by atoms with Crippen LogP contribution in [0.4, 0.5) is 5.69 Å². The van der Waals surface area contributed by atoms with Gasteiger partial charge in [-0.2, -0.15) is 0 Å². The number of benzene rings is 1. The second-order valence-electron chi connectivity index (χ2n) is 10.1. The molecule has 0 spiro atoms. The summed E-state index contributed by atoms with van der Waals surface area (Å²) >= 11 is 0. The molecule has 1 unspecified atom stereocenters. The van der Waals surface area contributed by atoms with E-state index in [-0.39, 0.29) is 12.8 Å². The lowest BCUT2D eigenvalue weighted by atomic mass is 9.93. The molecule has 6 nitrogen and oxygen atoms in total. The molecule has 0 saturated heterocycles. The average molecular weight is 490 g/mol. The molecule has 0 aliphatic carbocycles. The molecule has 0 aromatic heterocycles. The normalized spacial score (nSPS) is 12.0. The van der Waals surface area contributed by atoms with Gasteiger partial charge in [0.2, 0.25) is 0 Å². The molecule has 0 radical (unpaired) electrons. The number of carboxylic acids is 2. The highest BCUT2D eigenvalue weighted by Crippen LogP contribution is 2.18. The van der Waals surface area contributed by atoms with Gasteiger partial charge in [-0.15, -0.1) is 0 Å². The molecule has 0 heterocycles. The highest BCUT2D eigenvalue weighted by atomic mass is 16.4. The predicted molar refractivity (Wildman–Crippen MR) is 142 cm³/mol. The number of rotatable bonds is 22. The molecule has 1 aromatic rings. The standard InChI is InChI=1S/C29H47NO5/c1-23(2)15-13-11-9-7-5-3-4-6-8-10-12-14-22-30-25-18-16-24(17-19-25)28(33)26(29(34)35)20-21-27(31)32/h16-19,23,26,30H,3-15,20-22H2,1-2H3,(H,31,32)(H,34,35). The van der Waals surface area contributed by atoms with Crippen LogP contribution in [-0.2, 0) is 9.59 Å². The zero-order chi connectivity index (χ0) is 25.9. The minimum absolute atomic E-state index is 0.206. The van der Waals surface area contributed by atoms with Crippen molar-refractivity contribution in [2.75, 3.05) is 11.9 Å². The third-order valence-electron chi connectivity index (χ3n) is 6.47. The maximum absolute atomic E-state index is 12.4. The molecule has 1 atom stereocenters. The third kappa shape index (κ3) is 15.3. The third-order valence-corrected chi connectivity index (χ3v) is 6.47. The van der Waals surface area contributed by atoms with Crippen molar-refractivity contribution in [2.24, 2.45) is 11.8 Å². The van der Waals surface area contributed by atoms with Crippen LogP contribution in [0.5, 0.6) is 0 Å². The van der Waals surface area contributed by atoms with Crippen LogP contribution in [0.3, 0.4) is 0 Å². The number of unbranched alkanes of at least 4 members (excludes halogenated alkanes) is 11. The quantitative estimate of drug-likeness (QED) is 0.0881. The maximum Gasteiger partial charge on any atom is 0.314 e. The fraction of sp³-hybridized carbons (Fsp3) is 0.690. The van der Waals surface area contributed by atoms with Crippen molar-refractivity contribution in [3.8, 4) is 0 Å². The van der Waals surface area contributed by atoms with Crippen molar-refractivity contribution in [2.45, 2.75) is 110 Å². The number of aliphatic carboxylic acids is 2. The van der Waals surface area contributed by atoms with Crippen molar-refractivity contribution < 1.29 is 24.6 Å². The lowest BCUT2D eigenvalue weighted by Gasteiger charge is -2.11. The Bertz CT molecular complexity index is 729. The Kier molecular flexibility index (Phi) is 16.6. The molecular formula is C29H47NO5. The van der Waals surface area contributed by atoms with Gasteiger partial charge >= 0.3 is 11.9 Å². The van der Waals surface area contributed by atoms with E-state index >= 15 is 0 Å². The summed E-state index contributed by atoms with van der Waals surface area (Å²) in [5.74, 6) is -3.43. The van der Waals surface area contributed by atoms with Gasteiger partial charge in [0, 0.05) is 24.2 Å². The van der Waals surface area contributed by atoms with Gasteiger partial charge in [0.25, 0.3) is 0 Å². The zero-order valence-electron chi connectivity index (χ0n) is 21.9.